The summed E-state index contributed by atoms with van der Waals surface area (Å²) < 4.78 is 5.78. The Morgan fingerprint density at radius 2 is 1.84 bits per heavy atom. The van der Waals surface area contributed by atoms with Crippen molar-refractivity contribution in [1.29, 1.82) is 0 Å². The minimum atomic E-state index is 0.440. The maximum Gasteiger partial charge on any atom is 0.0547 e. The summed E-state index contributed by atoms with van der Waals surface area (Å²) in [7, 11) is 0. The van der Waals surface area contributed by atoms with Gasteiger partial charge in [-0.1, -0.05) is 19.8 Å². The minimum Gasteiger partial charge on any atom is -0.378 e. The van der Waals surface area contributed by atoms with Crippen molar-refractivity contribution in [2.24, 2.45) is 0 Å². The highest BCUT2D eigenvalue weighted by atomic mass is 16.5. The van der Waals surface area contributed by atoms with Crippen LogP contribution in [0.1, 0.15) is 58.8 Å². The van der Waals surface area contributed by atoms with Crippen LogP contribution in [0.4, 0.5) is 0 Å². The Labute approximate surface area is 120 Å². The van der Waals surface area contributed by atoms with Crippen molar-refractivity contribution in [3.05, 3.63) is 0 Å². The summed E-state index contributed by atoms with van der Waals surface area (Å²) in [5.74, 6) is 0. The first-order chi connectivity index (χ1) is 9.33. The van der Waals surface area contributed by atoms with Gasteiger partial charge in [0.15, 0.2) is 0 Å². The van der Waals surface area contributed by atoms with Gasteiger partial charge >= 0.3 is 0 Å². The van der Waals surface area contributed by atoms with Crippen molar-refractivity contribution in [3.63, 3.8) is 0 Å². The van der Waals surface area contributed by atoms with Crippen molar-refractivity contribution in [1.82, 2.24) is 10.2 Å². The molecular formula is C16H34N2O. The Morgan fingerprint density at radius 1 is 1.11 bits per heavy atom. The van der Waals surface area contributed by atoms with E-state index in [1.165, 1.54) is 58.2 Å². The van der Waals surface area contributed by atoms with Crippen molar-refractivity contribution in [3.8, 4) is 0 Å². The molecule has 3 heteroatoms. The molecule has 1 heterocycles. The predicted molar refractivity (Wildman–Crippen MR) is 82.7 cm³/mol. The number of hydrogen-bond donors (Lipinski definition) is 1. The summed E-state index contributed by atoms with van der Waals surface area (Å²) in [6.07, 6.45) is 9.44. The van der Waals surface area contributed by atoms with Crippen LogP contribution < -0.4 is 5.32 Å². The van der Waals surface area contributed by atoms with Crippen LogP contribution in [-0.2, 0) is 4.74 Å². The molecule has 19 heavy (non-hydrogen) atoms. The lowest BCUT2D eigenvalue weighted by Gasteiger charge is -2.15. The molecule has 0 aromatic heterocycles. The zero-order valence-corrected chi connectivity index (χ0v) is 13.1. The van der Waals surface area contributed by atoms with Crippen molar-refractivity contribution < 1.29 is 4.74 Å². The van der Waals surface area contributed by atoms with E-state index in [2.05, 4.69) is 24.1 Å². The molecule has 1 aliphatic rings. The van der Waals surface area contributed by atoms with Gasteiger partial charge in [-0.25, -0.2) is 0 Å². The van der Waals surface area contributed by atoms with E-state index in [1.54, 1.807) is 0 Å². The highest BCUT2D eigenvalue weighted by Crippen LogP contribution is 2.07. The van der Waals surface area contributed by atoms with Gasteiger partial charge in [-0.3, -0.25) is 0 Å². The molecule has 0 aromatic carbocycles. The number of hydrogen-bond acceptors (Lipinski definition) is 3. The fraction of sp³-hybridized carbons (Fsp3) is 1.00. The Hall–Kier alpha value is -0.120. The molecular weight excluding hydrogens is 236 g/mol. The number of unbranched alkanes of at least 4 members (excludes halogenated alkanes) is 1. The molecule has 1 atom stereocenters. The molecule has 114 valence electrons. The fourth-order valence-electron chi connectivity index (χ4n) is 2.62. The molecule has 0 saturated carbocycles. The van der Waals surface area contributed by atoms with Crippen LogP contribution in [0.3, 0.4) is 0 Å². The largest absolute Gasteiger partial charge is 0.378 e. The quantitative estimate of drug-likeness (QED) is 0.552. The van der Waals surface area contributed by atoms with E-state index < -0.39 is 0 Å². The summed E-state index contributed by atoms with van der Waals surface area (Å²) in [6, 6.07) is 0. The van der Waals surface area contributed by atoms with E-state index >= 15 is 0 Å². The molecule has 0 amide bonds. The standard InChI is InChI=1S/C16H34N2O/c1-3-4-9-16(2)19-15-8-11-17-10-7-14-18-12-5-6-13-18/h16-17H,3-15H2,1-2H3. The fourth-order valence-corrected chi connectivity index (χ4v) is 2.62. The van der Waals surface area contributed by atoms with E-state index in [0.717, 1.165) is 26.1 Å². The van der Waals surface area contributed by atoms with Gasteiger partial charge in [-0.15, -0.1) is 0 Å². The highest BCUT2D eigenvalue weighted by Gasteiger charge is 2.09. The van der Waals surface area contributed by atoms with Crippen molar-refractivity contribution in [2.75, 3.05) is 39.3 Å². The Morgan fingerprint density at radius 3 is 2.58 bits per heavy atom. The molecule has 1 N–H and O–H groups in total. The van der Waals surface area contributed by atoms with Gasteiger partial charge in [0.2, 0.25) is 0 Å². The van der Waals surface area contributed by atoms with E-state index in [1.807, 2.05) is 0 Å². The summed E-state index contributed by atoms with van der Waals surface area (Å²) in [5.41, 5.74) is 0. The second-order valence-electron chi connectivity index (χ2n) is 5.83. The molecule has 1 rings (SSSR count). The van der Waals surface area contributed by atoms with E-state index in [0.29, 0.717) is 6.10 Å². The van der Waals surface area contributed by atoms with Crippen molar-refractivity contribution in [2.45, 2.75) is 64.9 Å². The Kier molecular flexibility index (Phi) is 10.4. The second kappa shape index (κ2) is 11.7. The van der Waals surface area contributed by atoms with Gasteiger partial charge in [0, 0.05) is 6.61 Å². The maximum absolute atomic E-state index is 5.78. The second-order valence-corrected chi connectivity index (χ2v) is 5.83. The van der Waals surface area contributed by atoms with Crippen LogP contribution >= 0.6 is 0 Å². The molecule has 0 aromatic rings. The zero-order valence-electron chi connectivity index (χ0n) is 13.1. The maximum atomic E-state index is 5.78. The average Bonchev–Trinajstić information content (AvgIpc) is 2.92. The van der Waals surface area contributed by atoms with Gasteiger partial charge in [-0.2, -0.15) is 0 Å². The third-order valence-corrected chi connectivity index (χ3v) is 3.89. The number of likely N-dealkylation sites (tertiary alicyclic amines) is 1. The minimum absolute atomic E-state index is 0.440. The van der Waals surface area contributed by atoms with Crippen LogP contribution in [0, 0.1) is 0 Å². The molecule has 1 unspecified atom stereocenters. The lowest BCUT2D eigenvalue weighted by atomic mass is 10.2. The summed E-state index contributed by atoms with van der Waals surface area (Å²) in [6.45, 7) is 11.5. The van der Waals surface area contributed by atoms with E-state index in [-0.39, 0.29) is 0 Å². The summed E-state index contributed by atoms with van der Waals surface area (Å²) in [5, 5.41) is 3.52. The first-order valence-corrected chi connectivity index (χ1v) is 8.37. The third-order valence-electron chi connectivity index (χ3n) is 3.89. The van der Waals surface area contributed by atoms with Crippen LogP contribution in [-0.4, -0.2) is 50.3 Å². The van der Waals surface area contributed by atoms with Gasteiger partial charge in [0.05, 0.1) is 6.10 Å². The smallest absolute Gasteiger partial charge is 0.0547 e. The van der Waals surface area contributed by atoms with Gasteiger partial charge in [-0.05, 0) is 71.8 Å². The predicted octanol–water partition coefficient (Wildman–Crippen LogP) is 3.05. The Bertz CT molecular complexity index is 193. The van der Waals surface area contributed by atoms with Crippen LogP contribution in [0.15, 0.2) is 0 Å². The monoisotopic (exact) mass is 270 g/mol. The number of ether oxygens (including phenoxy) is 1. The SMILES string of the molecule is CCCCC(C)OCCCNCCCN1CCCC1. The zero-order chi connectivity index (χ0) is 13.8. The molecule has 0 radical (unpaired) electrons. The van der Waals surface area contributed by atoms with Gasteiger partial charge in [0.25, 0.3) is 0 Å². The van der Waals surface area contributed by atoms with Gasteiger partial charge < -0.3 is 15.0 Å². The highest BCUT2D eigenvalue weighted by molar-refractivity contribution is 4.66. The number of rotatable bonds is 12. The van der Waals surface area contributed by atoms with E-state index in [4.69, 9.17) is 4.74 Å². The molecule has 1 fully saturated rings. The lowest BCUT2D eigenvalue weighted by molar-refractivity contribution is 0.0573. The first-order valence-electron chi connectivity index (χ1n) is 8.37. The first kappa shape index (κ1) is 16.9. The molecule has 0 bridgehead atoms. The molecule has 0 spiro atoms. The van der Waals surface area contributed by atoms with Crippen LogP contribution in [0.25, 0.3) is 0 Å². The molecule has 1 aliphatic heterocycles. The number of nitrogens with zero attached hydrogens (tertiary/aromatic N) is 1. The van der Waals surface area contributed by atoms with Crippen molar-refractivity contribution >= 4 is 0 Å². The van der Waals surface area contributed by atoms with Gasteiger partial charge in [0.1, 0.15) is 0 Å². The Balaban J connectivity index is 1.75. The average molecular weight is 270 g/mol. The summed E-state index contributed by atoms with van der Waals surface area (Å²) in [4.78, 5) is 2.58. The van der Waals surface area contributed by atoms with Crippen LogP contribution in [0.2, 0.25) is 0 Å². The molecule has 0 aliphatic carbocycles. The van der Waals surface area contributed by atoms with Crippen LogP contribution in [0.5, 0.6) is 0 Å². The summed E-state index contributed by atoms with van der Waals surface area (Å²) >= 11 is 0. The molecule has 1 saturated heterocycles. The number of nitrogens with one attached hydrogen (secondary N) is 1. The lowest BCUT2D eigenvalue weighted by Crippen LogP contribution is -2.25. The normalized spacial score (nSPS) is 18.0. The molecule has 3 nitrogen and oxygen atoms in total. The topological polar surface area (TPSA) is 24.5 Å². The third kappa shape index (κ3) is 9.42. The van der Waals surface area contributed by atoms with E-state index in [9.17, 15) is 0 Å².